The molecule has 0 radical (unpaired) electrons. The highest BCUT2D eigenvalue weighted by Gasteiger charge is 2.14. The minimum Gasteiger partial charge on any atom is -0.496 e. The highest BCUT2D eigenvalue weighted by atomic mass is 32.1. The molecule has 0 saturated carbocycles. The Balaban J connectivity index is 2.12. The molecule has 0 aliphatic carbocycles. The fourth-order valence-corrected chi connectivity index (χ4v) is 3.67. The van der Waals surface area contributed by atoms with Crippen LogP contribution in [-0.4, -0.2) is 22.4 Å². The van der Waals surface area contributed by atoms with E-state index < -0.39 is 0 Å². The van der Waals surface area contributed by atoms with Crippen molar-refractivity contribution in [1.82, 2.24) is 9.55 Å². The van der Waals surface area contributed by atoms with Crippen molar-refractivity contribution in [3.05, 3.63) is 56.4 Å². The predicted octanol–water partition coefficient (Wildman–Crippen LogP) is 3.33. The lowest BCUT2D eigenvalue weighted by molar-refractivity contribution is 0.101. The van der Waals surface area contributed by atoms with Crippen LogP contribution in [-0.2, 0) is 6.54 Å². The number of Topliss-reactive ketones (excluding diaryl/α,β-unsaturated/α-hetero) is 1. The molecular weight excluding hydrogens is 324 g/mol. The Bertz CT molecular complexity index is 1000. The van der Waals surface area contributed by atoms with E-state index in [-0.39, 0.29) is 11.3 Å². The van der Waals surface area contributed by atoms with Crippen molar-refractivity contribution in [2.24, 2.45) is 0 Å². The smallest absolute Gasteiger partial charge is 0.262 e. The van der Waals surface area contributed by atoms with Gasteiger partial charge in [0.1, 0.15) is 10.6 Å². The second-order valence-corrected chi connectivity index (χ2v) is 6.93. The van der Waals surface area contributed by atoms with Gasteiger partial charge in [-0.2, -0.15) is 0 Å². The maximum atomic E-state index is 12.8. The van der Waals surface area contributed by atoms with E-state index in [1.165, 1.54) is 18.3 Å². The summed E-state index contributed by atoms with van der Waals surface area (Å²) >= 11 is 1.53. The lowest BCUT2D eigenvalue weighted by Gasteiger charge is -2.11. The number of aryl methyl sites for hydroxylation is 2. The maximum absolute atomic E-state index is 12.8. The summed E-state index contributed by atoms with van der Waals surface area (Å²) in [6.07, 6.45) is 1.56. The number of nitrogens with zero attached hydrogens (tertiary/aromatic N) is 2. The van der Waals surface area contributed by atoms with Crippen molar-refractivity contribution >= 4 is 27.3 Å². The number of ether oxygens (including phenoxy) is 1. The summed E-state index contributed by atoms with van der Waals surface area (Å²) in [6.45, 7) is 5.76. The fraction of sp³-hybridized carbons (Fsp3) is 0.278. The lowest BCUT2D eigenvalue weighted by atomic mass is 10.1. The third-order valence-corrected chi connectivity index (χ3v) is 5.30. The van der Waals surface area contributed by atoms with Gasteiger partial charge in [-0.25, -0.2) is 4.98 Å². The normalized spacial score (nSPS) is 11.0. The first-order chi connectivity index (χ1) is 11.4. The van der Waals surface area contributed by atoms with E-state index in [1.807, 2.05) is 13.8 Å². The molecule has 0 unspecified atom stereocenters. The number of methoxy groups -OCH3 is 1. The summed E-state index contributed by atoms with van der Waals surface area (Å²) in [7, 11) is 1.57. The van der Waals surface area contributed by atoms with Gasteiger partial charge in [0.25, 0.3) is 5.56 Å². The van der Waals surface area contributed by atoms with Gasteiger partial charge in [0.15, 0.2) is 5.78 Å². The van der Waals surface area contributed by atoms with Crippen LogP contribution in [0.15, 0.2) is 29.3 Å². The summed E-state index contributed by atoms with van der Waals surface area (Å²) < 4.78 is 6.92. The van der Waals surface area contributed by atoms with Crippen LogP contribution >= 0.6 is 11.3 Å². The van der Waals surface area contributed by atoms with Gasteiger partial charge in [0, 0.05) is 16.0 Å². The molecule has 124 valence electrons. The Morgan fingerprint density at radius 2 is 2.08 bits per heavy atom. The molecule has 1 aromatic carbocycles. The SMILES string of the molecule is COc1ccc(C(C)=O)cc1Cn1cnc2sc(C)c(C)c2c1=O. The molecule has 2 aromatic heterocycles. The molecule has 6 heteroatoms. The summed E-state index contributed by atoms with van der Waals surface area (Å²) in [5, 5.41) is 0.668. The predicted molar refractivity (Wildman–Crippen MR) is 95.5 cm³/mol. The number of benzene rings is 1. The van der Waals surface area contributed by atoms with E-state index in [2.05, 4.69) is 4.98 Å². The maximum Gasteiger partial charge on any atom is 0.262 e. The first-order valence-corrected chi connectivity index (χ1v) is 8.37. The van der Waals surface area contributed by atoms with Crippen LogP contribution in [0.3, 0.4) is 0 Å². The molecule has 0 bridgehead atoms. The van der Waals surface area contributed by atoms with E-state index in [9.17, 15) is 9.59 Å². The average Bonchev–Trinajstić information content (AvgIpc) is 2.85. The molecule has 0 aliphatic rings. The number of hydrogen-bond donors (Lipinski definition) is 0. The molecule has 3 rings (SSSR count). The van der Waals surface area contributed by atoms with Gasteiger partial charge in [-0.1, -0.05) is 0 Å². The van der Waals surface area contributed by atoms with Gasteiger partial charge in [0.2, 0.25) is 0 Å². The summed E-state index contributed by atoms with van der Waals surface area (Å²) in [4.78, 5) is 30.7. The quantitative estimate of drug-likeness (QED) is 0.682. The van der Waals surface area contributed by atoms with Gasteiger partial charge >= 0.3 is 0 Å². The number of carbonyl (C=O) groups is 1. The van der Waals surface area contributed by atoms with Gasteiger partial charge < -0.3 is 4.74 Å². The number of rotatable bonds is 4. The Kier molecular flexibility index (Phi) is 4.24. The third-order valence-electron chi connectivity index (χ3n) is 4.18. The zero-order valence-corrected chi connectivity index (χ0v) is 14.9. The van der Waals surface area contributed by atoms with E-state index in [0.717, 1.165) is 20.8 Å². The van der Waals surface area contributed by atoms with Crippen LogP contribution < -0.4 is 10.3 Å². The van der Waals surface area contributed by atoms with Gasteiger partial charge in [0.05, 0.1) is 25.4 Å². The highest BCUT2D eigenvalue weighted by Crippen LogP contribution is 2.26. The van der Waals surface area contributed by atoms with Gasteiger partial charge in [-0.15, -0.1) is 11.3 Å². The number of thiophene rings is 1. The number of hydrogen-bond acceptors (Lipinski definition) is 5. The van der Waals surface area contributed by atoms with Crippen molar-refractivity contribution in [3.8, 4) is 5.75 Å². The van der Waals surface area contributed by atoms with Crippen molar-refractivity contribution in [1.29, 1.82) is 0 Å². The minimum absolute atomic E-state index is 0.0240. The number of aromatic nitrogens is 2. The van der Waals surface area contributed by atoms with E-state index >= 15 is 0 Å². The second-order valence-electron chi connectivity index (χ2n) is 5.72. The van der Waals surface area contributed by atoms with Crippen molar-refractivity contribution in [2.75, 3.05) is 7.11 Å². The van der Waals surface area contributed by atoms with Gasteiger partial charge in [-0.05, 0) is 44.5 Å². The van der Waals surface area contributed by atoms with E-state index in [4.69, 9.17) is 4.74 Å². The van der Waals surface area contributed by atoms with Crippen LogP contribution in [0.5, 0.6) is 5.75 Å². The Hall–Kier alpha value is -2.47. The number of carbonyl (C=O) groups excluding carboxylic acids is 1. The molecular formula is C18H18N2O3S. The molecule has 0 spiro atoms. The van der Waals surface area contributed by atoms with Crippen LogP contribution in [0.25, 0.3) is 10.2 Å². The molecule has 0 aliphatic heterocycles. The topological polar surface area (TPSA) is 61.2 Å². The molecule has 3 aromatic rings. The molecule has 0 N–H and O–H groups in total. The first-order valence-electron chi connectivity index (χ1n) is 7.55. The average molecular weight is 342 g/mol. The summed E-state index contributed by atoms with van der Waals surface area (Å²) in [5.74, 6) is 0.620. The molecule has 0 amide bonds. The molecule has 0 atom stereocenters. The zero-order valence-electron chi connectivity index (χ0n) is 14.0. The molecule has 24 heavy (non-hydrogen) atoms. The Morgan fingerprint density at radius 3 is 2.75 bits per heavy atom. The second kappa shape index (κ2) is 6.20. The van der Waals surface area contributed by atoms with E-state index in [1.54, 1.807) is 36.2 Å². The van der Waals surface area contributed by atoms with Gasteiger partial charge in [-0.3, -0.25) is 14.2 Å². The number of fused-ring (bicyclic) bond motifs is 1. The zero-order chi connectivity index (χ0) is 17.4. The third kappa shape index (κ3) is 2.73. The Labute approximate surface area is 143 Å². The molecule has 0 fully saturated rings. The van der Waals surface area contributed by atoms with Crippen LogP contribution in [0.1, 0.15) is 33.3 Å². The standard InChI is InChI=1S/C18H18N2O3S/c1-10-12(3)24-17-16(10)18(22)20(9-19-17)8-14-7-13(11(2)21)5-6-15(14)23-4/h5-7,9H,8H2,1-4H3. The first kappa shape index (κ1) is 16.4. The largest absolute Gasteiger partial charge is 0.496 e. The molecule has 2 heterocycles. The summed E-state index contributed by atoms with van der Waals surface area (Å²) in [5.41, 5.74) is 2.27. The number of ketones is 1. The van der Waals surface area contributed by atoms with Crippen LogP contribution in [0.4, 0.5) is 0 Å². The monoisotopic (exact) mass is 342 g/mol. The summed E-state index contributed by atoms with van der Waals surface area (Å²) in [6, 6.07) is 5.24. The van der Waals surface area contributed by atoms with Crippen LogP contribution in [0.2, 0.25) is 0 Å². The fourth-order valence-electron chi connectivity index (χ4n) is 2.69. The molecule has 5 nitrogen and oxygen atoms in total. The van der Waals surface area contributed by atoms with Crippen LogP contribution in [0, 0.1) is 13.8 Å². The van der Waals surface area contributed by atoms with E-state index in [0.29, 0.717) is 23.2 Å². The van der Waals surface area contributed by atoms with Crippen molar-refractivity contribution in [2.45, 2.75) is 27.3 Å². The highest BCUT2D eigenvalue weighted by molar-refractivity contribution is 7.18. The lowest BCUT2D eigenvalue weighted by Crippen LogP contribution is -2.21. The van der Waals surface area contributed by atoms with Crippen molar-refractivity contribution < 1.29 is 9.53 Å². The minimum atomic E-state index is -0.0721. The molecule has 0 saturated heterocycles. The Morgan fingerprint density at radius 1 is 1.33 bits per heavy atom. The van der Waals surface area contributed by atoms with Crippen molar-refractivity contribution in [3.63, 3.8) is 0 Å².